The lowest BCUT2D eigenvalue weighted by molar-refractivity contribution is -0.128. The molecule has 4 nitrogen and oxygen atoms in total. The maximum atomic E-state index is 12.1. The van der Waals surface area contributed by atoms with E-state index in [1.54, 1.807) is 6.92 Å². The molecule has 2 N–H and O–H groups in total. The topological polar surface area (TPSA) is 50.4 Å². The molecule has 0 saturated heterocycles. The highest BCUT2D eigenvalue weighted by Crippen LogP contribution is 2.23. The first-order valence-corrected chi connectivity index (χ1v) is 7.65. The number of benzene rings is 1. The van der Waals surface area contributed by atoms with E-state index in [9.17, 15) is 4.79 Å². The van der Waals surface area contributed by atoms with E-state index in [1.165, 1.54) is 12.8 Å². The summed E-state index contributed by atoms with van der Waals surface area (Å²) in [5, 5.41) is 6.41. The van der Waals surface area contributed by atoms with Gasteiger partial charge in [0.05, 0.1) is 0 Å². The van der Waals surface area contributed by atoms with Crippen LogP contribution < -0.4 is 15.4 Å². The molecule has 1 atom stereocenters. The van der Waals surface area contributed by atoms with Crippen molar-refractivity contribution in [3.8, 4) is 5.75 Å². The largest absolute Gasteiger partial charge is 0.481 e. The van der Waals surface area contributed by atoms with Crippen molar-refractivity contribution in [2.24, 2.45) is 0 Å². The van der Waals surface area contributed by atoms with Gasteiger partial charge in [0.15, 0.2) is 6.10 Å². The van der Waals surface area contributed by atoms with Gasteiger partial charge in [0.2, 0.25) is 0 Å². The van der Waals surface area contributed by atoms with Crippen LogP contribution in [0.15, 0.2) is 24.3 Å². The van der Waals surface area contributed by atoms with Gasteiger partial charge < -0.3 is 15.4 Å². The van der Waals surface area contributed by atoms with Crippen LogP contribution in [0.5, 0.6) is 5.75 Å². The van der Waals surface area contributed by atoms with E-state index in [0.29, 0.717) is 6.04 Å². The number of nitrogens with one attached hydrogen (secondary N) is 2. The van der Waals surface area contributed by atoms with Gasteiger partial charge in [-0.1, -0.05) is 18.2 Å². The Kier molecular flexibility index (Phi) is 4.88. The molecule has 4 heteroatoms. The van der Waals surface area contributed by atoms with Gasteiger partial charge in [0.1, 0.15) is 5.75 Å². The Morgan fingerprint density at radius 1 is 1.33 bits per heavy atom. The SMILES string of the molecule is CC(Oc1ccccc1CNC1CC1)C(=O)NC(C)(C)C. The number of rotatable bonds is 6. The van der Waals surface area contributed by atoms with Crippen LogP contribution in [0, 0.1) is 0 Å². The van der Waals surface area contributed by atoms with Crippen LogP contribution in [0.1, 0.15) is 46.1 Å². The van der Waals surface area contributed by atoms with Gasteiger partial charge in [0, 0.05) is 23.7 Å². The van der Waals surface area contributed by atoms with Crippen molar-refractivity contribution >= 4 is 5.91 Å². The Bertz CT molecular complexity index is 490. The first kappa shape index (κ1) is 15.8. The third-order valence-corrected chi connectivity index (χ3v) is 3.30. The second-order valence-corrected chi connectivity index (χ2v) is 6.76. The Labute approximate surface area is 127 Å². The lowest BCUT2D eigenvalue weighted by Crippen LogP contribution is -2.46. The number of hydrogen-bond donors (Lipinski definition) is 2. The van der Waals surface area contributed by atoms with Gasteiger partial charge in [-0.15, -0.1) is 0 Å². The number of hydrogen-bond acceptors (Lipinski definition) is 3. The van der Waals surface area contributed by atoms with Crippen molar-refractivity contribution in [1.29, 1.82) is 0 Å². The van der Waals surface area contributed by atoms with Gasteiger partial charge in [-0.05, 0) is 46.6 Å². The summed E-state index contributed by atoms with van der Waals surface area (Å²) in [6.07, 6.45) is 2.01. The molecule has 0 aromatic heterocycles. The summed E-state index contributed by atoms with van der Waals surface area (Å²) < 4.78 is 5.85. The zero-order chi connectivity index (χ0) is 15.5. The van der Waals surface area contributed by atoms with Crippen LogP contribution in [-0.4, -0.2) is 23.6 Å². The average molecular weight is 290 g/mol. The number of carbonyl (C=O) groups excluding carboxylic acids is 1. The third kappa shape index (κ3) is 5.38. The molecule has 0 radical (unpaired) electrons. The fraction of sp³-hybridized carbons (Fsp3) is 0.588. The second kappa shape index (κ2) is 6.48. The molecule has 1 amide bonds. The predicted octanol–water partition coefficient (Wildman–Crippen LogP) is 2.62. The summed E-state index contributed by atoms with van der Waals surface area (Å²) in [7, 11) is 0. The van der Waals surface area contributed by atoms with E-state index in [4.69, 9.17) is 4.74 Å². The number of amides is 1. The monoisotopic (exact) mass is 290 g/mol. The number of para-hydroxylation sites is 1. The molecular weight excluding hydrogens is 264 g/mol. The summed E-state index contributed by atoms with van der Waals surface area (Å²) in [6.45, 7) is 8.46. The van der Waals surface area contributed by atoms with Crippen molar-refractivity contribution < 1.29 is 9.53 Å². The molecule has 0 bridgehead atoms. The van der Waals surface area contributed by atoms with Crippen LogP contribution in [0.3, 0.4) is 0 Å². The van der Waals surface area contributed by atoms with E-state index in [1.807, 2.05) is 45.0 Å². The smallest absolute Gasteiger partial charge is 0.261 e. The van der Waals surface area contributed by atoms with E-state index in [2.05, 4.69) is 10.6 Å². The molecule has 1 aromatic rings. The number of carbonyl (C=O) groups is 1. The minimum Gasteiger partial charge on any atom is -0.481 e. The normalized spacial score (nSPS) is 16.4. The molecule has 1 aliphatic carbocycles. The van der Waals surface area contributed by atoms with Crippen molar-refractivity contribution in [2.45, 2.75) is 64.8 Å². The highest BCUT2D eigenvalue weighted by atomic mass is 16.5. The minimum absolute atomic E-state index is 0.0903. The number of ether oxygens (including phenoxy) is 1. The zero-order valence-electron chi connectivity index (χ0n) is 13.4. The molecule has 1 saturated carbocycles. The molecular formula is C17H26N2O2. The first-order valence-electron chi connectivity index (χ1n) is 7.65. The third-order valence-electron chi connectivity index (χ3n) is 3.30. The van der Waals surface area contributed by atoms with E-state index in [0.717, 1.165) is 17.9 Å². The fourth-order valence-electron chi connectivity index (χ4n) is 2.02. The maximum Gasteiger partial charge on any atom is 0.261 e. The Balaban J connectivity index is 1.95. The molecule has 0 aliphatic heterocycles. The van der Waals surface area contributed by atoms with Crippen molar-refractivity contribution in [1.82, 2.24) is 10.6 Å². The lowest BCUT2D eigenvalue weighted by Gasteiger charge is -2.24. The van der Waals surface area contributed by atoms with Gasteiger partial charge in [-0.25, -0.2) is 0 Å². The van der Waals surface area contributed by atoms with Crippen LogP contribution in [0.4, 0.5) is 0 Å². The summed E-state index contributed by atoms with van der Waals surface area (Å²) in [4.78, 5) is 12.1. The van der Waals surface area contributed by atoms with Crippen LogP contribution in [-0.2, 0) is 11.3 Å². The maximum absolute atomic E-state index is 12.1. The molecule has 0 spiro atoms. The lowest BCUT2D eigenvalue weighted by atomic mass is 10.1. The van der Waals surface area contributed by atoms with E-state index >= 15 is 0 Å². The molecule has 21 heavy (non-hydrogen) atoms. The van der Waals surface area contributed by atoms with Gasteiger partial charge in [0.25, 0.3) is 5.91 Å². The fourth-order valence-corrected chi connectivity index (χ4v) is 2.02. The van der Waals surface area contributed by atoms with Gasteiger partial charge in [-0.2, -0.15) is 0 Å². The zero-order valence-corrected chi connectivity index (χ0v) is 13.4. The summed E-state index contributed by atoms with van der Waals surface area (Å²) in [5.41, 5.74) is 0.849. The summed E-state index contributed by atoms with van der Waals surface area (Å²) in [6, 6.07) is 8.55. The summed E-state index contributed by atoms with van der Waals surface area (Å²) in [5.74, 6) is 0.690. The quantitative estimate of drug-likeness (QED) is 0.847. The van der Waals surface area contributed by atoms with Crippen molar-refractivity contribution in [3.63, 3.8) is 0 Å². The predicted molar refractivity (Wildman–Crippen MR) is 84.3 cm³/mol. The molecule has 1 aromatic carbocycles. The van der Waals surface area contributed by atoms with Crippen LogP contribution >= 0.6 is 0 Å². The second-order valence-electron chi connectivity index (χ2n) is 6.76. The highest BCUT2D eigenvalue weighted by molar-refractivity contribution is 5.81. The van der Waals surface area contributed by atoms with Gasteiger partial charge in [-0.3, -0.25) is 4.79 Å². The van der Waals surface area contributed by atoms with Gasteiger partial charge >= 0.3 is 0 Å². The molecule has 1 aliphatic rings. The van der Waals surface area contributed by atoms with Crippen LogP contribution in [0.25, 0.3) is 0 Å². The highest BCUT2D eigenvalue weighted by Gasteiger charge is 2.23. The Morgan fingerprint density at radius 3 is 2.62 bits per heavy atom. The molecule has 1 fully saturated rings. The average Bonchev–Trinajstić information content (AvgIpc) is 3.19. The summed E-state index contributed by atoms with van der Waals surface area (Å²) >= 11 is 0. The Morgan fingerprint density at radius 2 is 2.00 bits per heavy atom. The molecule has 1 unspecified atom stereocenters. The molecule has 2 rings (SSSR count). The first-order chi connectivity index (χ1) is 9.85. The van der Waals surface area contributed by atoms with Crippen molar-refractivity contribution in [3.05, 3.63) is 29.8 Å². The molecule has 0 heterocycles. The molecule has 116 valence electrons. The standard InChI is InChI=1S/C17H26N2O2/c1-12(16(20)19-17(2,3)4)21-15-8-6-5-7-13(15)11-18-14-9-10-14/h5-8,12,14,18H,9-11H2,1-4H3,(H,19,20). The van der Waals surface area contributed by atoms with Crippen LogP contribution in [0.2, 0.25) is 0 Å². The Hall–Kier alpha value is -1.55. The minimum atomic E-state index is -0.508. The van der Waals surface area contributed by atoms with Crippen molar-refractivity contribution in [2.75, 3.05) is 0 Å². The van der Waals surface area contributed by atoms with E-state index in [-0.39, 0.29) is 11.4 Å². The van der Waals surface area contributed by atoms with E-state index < -0.39 is 6.10 Å².